The van der Waals surface area contributed by atoms with Gasteiger partial charge in [-0.1, -0.05) is 30.3 Å². The van der Waals surface area contributed by atoms with E-state index in [1.54, 1.807) is 30.3 Å². The van der Waals surface area contributed by atoms with Gasteiger partial charge in [0.2, 0.25) is 0 Å². The van der Waals surface area contributed by atoms with E-state index >= 15 is 0 Å². The molecular formula is C15H15NaO6S. The monoisotopic (exact) mass is 346 g/mol. The summed E-state index contributed by atoms with van der Waals surface area (Å²) in [6, 6.07) is 10.5. The summed E-state index contributed by atoms with van der Waals surface area (Å²) in [6.45, 7) is 0. The first-order chi connectivity index (χ1) is 10.4. The first-order valence-electron chi connectivity index (χ1n) is 6.21. The second-order valence-corrected chi connectivity index (χ2v) is 5.80. The predicted octanol–water partition coefficient (Wildman–Crippen LogP) is -0.702. The molecule has 1 N–H and O–H groups in total. The maximum Gasteiger partial charge on any atom is 1.00 e. The Bertz CT molecular complexity index is 808. The molecule has 0 amide bonds. The van der Waals surface area contributed by atoms with Crippen LogP contribution in [0, 0.1) is 0 Å². The Labute approximate surface area is 157 Å². The zero-order valence-corrected chi connectivity index (χ0v) is 15.8. The van der Waals surface area contributed by atoms with E-state index < -0.39 is 20.8 Å². The molecule has 0 saturated carbocycles. The first-order valence-corrected chi connectivity index (χ1v) is 7.65. The van der Waals surface area contributed by atoms with Gasteiger partial charge in [-0.2, -0.15) is 8.42 Å². The van der Waals surface area contributed by atoms with Crippen LogP contribution in [0.2, 0.25) is 0 Å². The summed E-state index contributed by atoms with van der Waals surface area (Å²) in [7, 11) is -1.84. The van der Waals surface area contributed by atoms with Crippen molar-refractivity contribution in [3.05, 3.63) is 53.6 Å². The predicted molar refractivity (Wildman–Crippen MR) is 80.3 cm³/mol. The second-order valence-electron chi connectivity index (χ2n) is 4.38. The van der Waals surface area contributed by atoms with Crippen molar-refractivity contribution >= 4 is 15.9 Å². The van der Waals surface area contributed by atoms with Gasteiger partial charge in [-0.15, -0.1) is 0 Å². The SMILES string of the molecule is COc1cc(S(=O)(=O)O)cc(C(=O)c2ccccc2)c1OC.[H-].[Na+]. The van der Waals surface area contributed by atoms with Crippen LogP contribution >= 0.6 is 0 Å². The zero-order chi connectivity index (χ0) is 16.3. The van der Waals surface area contributed by atoms with Gasteiger partial charge in [0.15, 0.2) is 17.3 Å². The number of benzene rings is 2. The molecule has 2 aromatic carbocycles. The van der Waals surface area contributed by atoms with E-state index in [1.807, 2.05) is 0 Å². The molecule has 2 aromatic rings. The van der Waals surface area contributed by atoms with Gasteiger partial charge in [0.05, 0.1) is 24.7 Å². The van der Waals surface area contributed by atoms with Gasteiger partial charge in [-0.25, -0.2) is 0 Å². The normalized spacial score (nSPS) is 10.6. The summed E-state index contributed by atoms with van der Waals surface area (Å²) in [6.07, 6.45) is 0. The van der Waals surface area contributed by atoms with E-state index in [4.69, 9.17) is 9.47 Å². The van der Waals surface area contributed by atoms with Crippen molar-refractivity contribution < 1.29 is 58.2 Å². The van der Waals surface area contributed by atoms with Crippen molar-refractivity contribution in [2.75, 3.05) is 14.2 Å². The fraction of sp³-hybridized carbons (Fsp3) is 0.133. The fourth-order valence-electron chi connectivity index (χ4n) is 2.00. The third kappa shape index (κ3) is 4.33. The van der Waals surface area contributed by atoms with Crippen molar-refractivity contribution in [1.29, 1.82) is 0 Å². The summed E-state index contributed by atoms with van der Waals surface area (Å²) in [4.78, 5) is 12.1. The van der Waals surface area contributed by atoms with Crippen molar-refractivity contribution in [3.63, 3.8) is 0 Å². The first kappa shape index (κ1) is 19.7. The Balaban J connectivity index is 0.00000264. The molecule has 0 saturated heterocycles. The van der Waals surface area contributed by atoms with E-state index in [0.717, 1.165) is 12.1 Å². The van der Waals surface area contributed by atoms with Crippen LogP contribution in [0.15, 0.2) is 47.4 Å². The standard InChI is InChI=1S/C15H14O6S.Na.H/c1-20-13-9-11(22(17,18)19)8-12(15(13)21-2)14(16)10-6-4-3-5-7-10;;/h3-9H,1-2H3,(H,17,18,19);;/q;+1;-1. The Kier molecular flexibility index (Phi) is 6.79. The van der Waals surface area contributed by atoms with Gasteiger partial charge in [0.25, 0.3) is 10.1 Å². The molecule has 0 aliphatic rings. The Morgan fingerprint density at radius 1 is 1.09 bits per heavy atom. The Morgan fingerprint density at radius 3 is 2.17 bits per heavy atom. The molecule has 0 aromatic heterocycles. The molecule has 0 fully saturated rings. The van der Waals surface area contributed by atoms with E-state index in [2.05, 4.69) is 0 Å². The topological polar surface area (TPSA) is 89.9 Å². The maximum atomic E-state index is 12.6. The molecule has 0 spiro atoms. The molecule has 0 radical (unpaired) electrons. The Hall–Kier alpha value is -1.38. The molecule has 2 rings (SSSR count). The summed E-state index contributed by atoms with van der Waals surface area (Å²) >= 11 is 0. The van der Waals surface area contributed by atoms with Crippen LogP contribution in [0.5, 0.6) is 11.5 Å². The van der Waals surface area contributed by atoms with Crippen LogP contribution in [-0.2, 0) is 10.1 Å². The van der Waals surface area contributed by atoms with Gasteiger partial charge in [-0.05, 0) is 6.07 Å². The number of rotatable bonds is 5. The molecule has 0 unspecified atom stereocenters. The van der Waals surface area contributed by atoms with Crippen molar-refractivity contribution in [3.8, 4) is 11.5 Å². The van der Waals surface area contributed by atoms with Crippen molar-refractivity contribution in [2.24, 2.45) is 0 Å². The minimum Gasteiger partial charge on any atom is -1.00 e. The van der Waals surface area contributed by atoms with Gasteiger partial charge >= 0.3 is 29.6 Å². The largest absolute Gasteiger partial charge is 1.00 e. The fourth-order valence-corrected chi connectivity index (χ4v) is 2.52. The molecule has 0 aliphatic carbocycles. The average Bonchev–Trinajstić information content (AvgIpc) is 2.52. The van der Waals surface area contributed by atoms with Crippen LogP contribution in [0.4, 0.5) is 0 Å². The van der Waals surface area contributed by atoms with Crippen LogP contribution in [0.25, 0.3) is 0 Å². The number of carbonyl (C=O) groups excluding carboxylic acids is 1. The number of carbonyl (C=O) groups is 1. The quantitative estimate of drug-likeness (QED) is 0.437. The van der Waals surface area contributed by atoms with Crippen LogP contribution in [-0.4, -0.2) is 33.0 Å². The smallest absolute Gasteiger partial charge is 1.00 e. The molecule has 118 valence electrons. The molecule has 0 atom stereocenters. The van der Waals surface area contributed by atoms with Crippen molar-refractivity contribution in [2.45, 2.75) is 4.90 Å². The molecule has 0 bridgehead atoms. The van der Waals surface area contributed by atoms with Crippen LogP contribution in [0.3, 0.4) is 0 Å². The minimum atomic E-state index is -4.49. The Morgan fingerprint density at radius 2 is 1.70 bits per heavy atom. The van der Waals surface area contributed by atoms with E-state index in [1.165, 1.54) is 14.2 Å². The number of ether oxygens (including phenoxy) is 2. The molecule has 8 heteroatoms. The van der Waals surface area contributed by atoms with E-state index in [-0.39, 0.29) is 48.0 Å². The second kappa shape index (κ2) is 7.94. The van der Waals surface area contributed by atoms with Gasteiger partial charge in [0.1, 0.15) is 0 Å². The molecule has 23 heavy (non-hydrogen) atoms. The summed E-state index contributed by atoms with van der Waals surface area (Å²) in [5.41, 5.74) is 0.344. The van der Waals surface area contributed by atoms with E-state index in [9.17, 15) is 17.8 Å². The molecule has 0 aliphatic heterocycles. The minimum absolute atomic E-state index is 0. The number of hydrogen-bond acceptors (Lipinski definition) is 5. The van der Waals surface area contributed by atoms with Gasteiger partial charge in [-0.3, -0.25) is 9.35 Å². The molecule has 0 heterocycles. The van der Waals surface area contributed by atoms with Gasteiger partial charge < -0.3 is 10.9 Å². The van der Waals surface area contributed by atoms with Gasteiger partial charge in [0, 0.05) is 11.6 Å². The van der Waals surface area contributed by atoms with E-state index in [0.29, 0.717) is 5.56 Å². The average molecular weight is 346 g/mol. The maximum absolute atomic E-state index is 12.6. The summed E-state index contributed by atoms with van der Waals surface area (Å²) < 4.78 is 42.1. The number of methoxy groups -OCH3 is 2. The van der Waals surface area contributed by atoms with Crippen molar-refractivity contribution in [1.82, 2.24) is 0 Å². The van der Waals surface area contributed by atoms with Crippen LogP contribution in [0.1, 0.15) is 17.3 Å². The number of hydrogen-bond donors (Lipinski definition) is 1. The van der Waals surface area contributed by atoms with Crippen LogP contribution < -0.4 is 39.0 Å². The summed E-state index contributed by atoms with van der Waals surface area (Å²) in [5.74, 6) is -0.304. The summed E-state index contributed by atoms with van der Waals surface area (Å²) in [5, 5.41) is 0. The molecule has 6 nitrogen and oxygen atoms in total. The third-order valence-electron chi connectivity index (χ3n) is 3.03. The number of ketones is 1. The zero-order valence-electron chi connectivity index (χ0n) is 13.9. The third-order valence-corrected chi connectivity index (χ3v) is 3.86. The molecular weight excluding hydrogens is 331 g/mol.